The summed E-state index contributed by atoms with van der Waals surface area (Å²) in [4.78, 5) is 36.5. The molecule has 0 aliphatic carbocycles. The van der Waals surface area contributed by atoms with Crippen LogP contribution in [0.15, 0.2) is 24.3 Å². The zero-order valence-electron chi connectivity index (χ0n) is 15.1. The molecule has 1 rings (SSSR count). The first-order valence-corrected chi connectivity index (χ1v) is 9.63. The van der Waals surface area contributed by atoms with Gasteiger partial charge in [0.2, 0.25) is 0 Å². The molecule has 0 aliphatic rings. The van der Waals surface area contributed by atoms with Crippen LogP contribution in [0.3, 0.4) is 0 Å². The smallest absolute Gasteiger partial charge is 0.329 e. The molecule has 0 saturated heterocycles. The number of esters is 1. The van der Waals surface area contributed by atoms with Gasteiger partial charge in [0.05, 0.1) is 0 Å². The van der Waals surface area contributed by atoms with Gasteiger partial charge in [-0.05, 0) is 51.3 Å². The molecule has 25 heavy (non-hydrogen) atoms. The van der Waals surface area contributed by atoms with Crippen molar-refractivity contribution in [3.63, 3.8) is 0 Å². The second-order valence-corrected chi connectivity index (χ2v) is 6.64. The van der Waals surface area contributed by atoms with E-state index in [1.807, 2.05) is 19.2 Å². The lowest BCUT2D eigenvalue weighted by molar-refractivity contribution is -0.156. The van der Waals surface area contributed by atoms with Crippen LogP contribution in [0.2, 0.25) is 0 Å². The zero-order chi connectivity index (χ0) is 18.8. The summed E-state index contributed by atoms with van der Waals surface area (Å²) >= 11 is 1.57. The zero-order valence-corrected chi connectivity index (χ0v) is 15.9. The van der Waals surface area contributed by atoms with Crippen molar-refractivity contribution in [2.75, 3.05) is 18.6 Å². The number of nitrogens with one attached hydrogen (secondary N) is 2. The molecule has 0 aliphatic heterocycles. The van der Waals surface area contributed by atoms with Crippen LogP contribution in [0.5, 0.6) is 0 Å². The predicted molar refractivity (Wildman–Crippen MR) is 99.7 cm³/mol. The topological polar surface area (TPSA) is 84.5 Å². The van der Waals surface area contributed by atoms with Gasteiger partial charge in [-0.25, -0.2) is 4.79 Å². The van der Waals surface area contributed by atoms with Crippen molar-refractivity contribution in [3.05, 3.63) is 35.4 Å². The predicted octanol–water partition coefficient (Wildman–Crippen LogP) is 1.91. The first-order chi connectivity index (χ1) is 11.9. The van der Waals surface area contributed by atoms with E-state index >= 15 is 0 Å². The molecule has 6 nitrogen and oxygen atoms in total. The van der Waals surface area contributed by atoms with Crippen LogP contribution in [-0.2, 0) is 14.3 Å². The first kappa shape index (κ1) is 21.0. The van der Waals surface area contributed by atoms with Gasteiger partial charge in [0.15, 0.2) is 6.10 Å². The van der Waals surface area contributed by atoms with Gasteiger partial charge in [0, 0.05) is 12.1 Å². The van der Waals surface area contributed by atoms with Crippen molar-refractivity contribution in [1.82, 2.24) is 10.6 Å². The number of hydrogen-bond donors (Lipinski definition) is 2. The Morgan fingerprint density at radius 1 is 1.28 bits per heavy atom. The first-order valence-electron chi connectivity index (χ1n) is 8.23. The SMILES string of the molecule is CCNC(=O)[C@@H](C)OC(=O)[C@H](CCSC)NC(=O)c1cccc(C)c1. The third-order valence-corrected chi connectivity index (χ3v) is 4.14. The molecule has 0 saturated carbocycles. The minimum absolute atomic E-state index is 0.336. The highest BCUT2D eigenvalue weighted by molar-refractivity contribution is 7.98. The lowest BCUT2D eigenvalue weighted by atomic mass is 10.1. The molecule has 0 aromatic heterocycles. The molecular formula is C18H26N2O4S. The molecule has 2 amide bonds. The van der Waals surface area contributed by atoms with Crippen LogP contribution in [0.25, 0.3) is 0 Å². The number of hydrogen-bond acceptors (Lipinski definition) is 5. The molecule has 0 bridgehead atoms. The molecule has 0 heterocycles. The molecule has 0 spiro atoms. The van der Waals surface area contributed by atoms with E-state index in [2.05, 4.69) is 10.6 Å². The van der Waals surface area contributed by atoms with Crippen LogP contribution in [0, 0.1) is 6.92 Å². The maximum atomic E-state index is 12.4. The van der Waals surface area contributed by atoms with Crippen LogP contribution in [0.1, 0.15) is 36.2 Å². The molecule has 0 radical (unpaired) electrons. The van der Waals surface area contributed by atoms with E-state index in [4.69, 9.17) is 4.74 Å². The van der Waals surface area contributed by atoms with Crippen LogP contribution in [0.4, 0.5) is 0 Å². The van der Waals surface area contributed by atoms with Gasteiger partial charge in [-0.2, -0.15) is 11.8 Å². The number of benzene rings is 1. The fourth-order valence-electron chi connectivity index (χ4n) is 2.14. The van der Waals surface area contributed by atoms with E-state index in [0.717, 1.165) is 5.56 Å². The average Bonchev–Trinajstić information content (AvgIpc) is 2.58. The molecule has 1 aromatic rings. The molecular weight excluding hydrogens is 340 g/mol. The van der Waals surface area contributed by atoms with Gasteiger partial charge >= 0.3 is 5.97 Å². The molecule has 7 heteroatoms. The molecule has 138 valence electrons. The Labute approximate surface area is 153 Å². The van der Waals surface area contributed by atoms with Crippen molar-refractivity contribution >= 4 is 29.5 Å². The number of thioether (sulfide) groups is 1. The fraction of sp³-hybridized carbons (Fsp3) is 0.500. The Morgan fingerprint density at radius 2 is 2.00 bits per heavy atom. The summed E-state index contributed by atoms with van der Waals surface area (Å²) in [6.45, 7) is 5.65. The quantitative estimate of drug-likeness (QED) is 0.652. The van der Waals surface area contributed by atoms with Crippen molar-refractivity contribution in [2.45, 2.75) is 39.3 Å². The Balaban J connectivity index is 2.76. The number of amides is 2. The van der Waals surface area contributed by atoms with Crippen molar-refractivity contribution in [2.24, 2.45) is 0 Å². The lowest BCUT2D eigenvalue weighted by Crippen LogP contribution is -2.45. The van der Waals surface area contributed by atoms with Gasteiger partial charge in [0.1, 0.15) is 6.04 Å². The van der Waals surface area contributed by atoms with E-state index < -0.39 is 18.1 Å². The lowest BCUT2D eigenvalue weighted by Gasteiger charge is -2.20. The molecule has 1 aromatic carbocycles. The van der Waals surface area contributed by atoms with Crippen LogP contribution in [-0.4, -0.2) is 48.5 Å². The monoisotopic (exact) mass is 366 g/mol. The highest BCUT2D eigenvalue weighted by Crippen LogP contribution is 2.08. The van der Waals surface area contributed by atoms with Gasteiger partial charge < -0.3 is 15.4 Å². The Bertz CT molecular complexity index is 606. The molecule has 2 atom stereocenters. The van der Waals surface area contributed by atoms with E-state index in [1.165, 1.54) is 6.92 Å². The number of ether oxygens (including phenoxy) is 1. The van der Waals surface area contributed by atoms with Crippen molar-refractivity contribution in [3.8, 4) is 0 Å². The third-order valence-electron chi connectivity index (χ3n) is 3.49. The van der Waals surface area contributed by atoms with E-state index in [-0.39, 0.29) is 11.8 Å². The summed E-state index contributed by atoms with van der Waals surface area (Å²) in [7, 11) is 0. The summed E-state index contributed by atoms with van der Waals surface area (Å²) in [5, 5.41) is 5.31. The van der Waals surface area contributed by atoms with Crippen molar-refractivity contribution < 1.29 is 19.1 Å². The van der Waals surface area contributed by atoms with Gasteiger partial charge in [-0.15, -0.1) is 0 Å². The Morgan fingerprint density at radius 3 is 2.60 bits per heavy atom. The second kappa shape index (κ2) is 10.8. The number of aryl methyl sites for hydroxylation is 1. The van der Waals surface area contributed by atoms with E-state index in [1.54, 1.807) is 36.9 Å². The Hall–Kier alpha value is -2.02. The summed E-state index contributed by atoms with van der Waals surface area (Å²) in [6, 6.07) is 6.33. The number of rotatable bonds is 9. The number of carbonyl (C=O) groups is 3. The van der Waals surface area contributed by atoms with E-state index in [0.29, 0.717) is 24.3 Å². The standard InChI is InChI=1S/C18H26N2O4S/c1-5-19-16(21)13(3)24-18(23)15(9-10-25-4)20-17(22)14-8-6-7-12(2)11-14/h6-8,11,13,15H,5,9-10H2,1-4H3,(H,19,21)(H,20,22)/t13-,15+/m1/s1. The van der Waals surface area contributed by atoms with Gasteiger partial charge in [0.25, 0.3) is 11.8 Å². The average molecular weight is 366 g/mol. The minimum atomic E-state index is -0.903. The molecule has 2 N–H and O–H groups in total. The van der Waals surface area contributed by atoms with Crippen LogP contribution < -0.4 is 10.6 Å². The minimum Gasteiger partial charge on any atom is -0.451 e. The summed E-state index contributed by atoms with van der Waals surface area (Å²) < 4.78 is 5.21. The van der Waals surface area contributed by atoms with Crippen molar-refractivity contribution in [1.29, 1.82) is 0 Å². The number of likely N-dealkylation sites (N-methyl/N-ethyl adjacent to an activating group) is 1. The maximum absolute atomic E-state index is 12.4. The highest BCUT2D eigenvalue weighted by atomic mass is 32.2. The van der Waals surface area contributed by atoms with E-state index in [9.17, 15) is 14.4 Å². The Kier molecular flexibility index (Phi) is 9.05. The summed E-state index contributed by atoms with van der Waals surface area (Å²) in [6.07, 6.45) is 1.45. The largest absolute Gasteiger partial charge is 0.451 e. The number of carbonyl (C=O) groups excluding carboxylic acids is 3. The maximum Gasteiger partial charge on any atom is 0.329 e. The highest BCUT2D eigenvalue weighted by Gasteiger charge is 2.26. The second-order valence-electron chi connectivity index (χ2n) is 5.65. The fourth-order valence-corrected chi connectivity index (χ4v) is 2.61. The summed E-state index contributed by atoms with van der Waals surface area (Å²) in [5.41, 5.74) is 1.44. The molecule has 0 fully saturated rings. The third kappa shape index (κ3) is 7.17. The molecule has 0 unspecified atom stereocenters. The summed E-state index contributed by atoms with van der Waals surface area (Å²) in [5.74, 6) is -0.612. The van der Waals surface area contributed by atoms with Gasteiger partial charge in [-0.1, -0.05) is 17.7 Å². The normalized spacial score (nSPS) is 12.8. The van der Waals surface area contributed by atoms with Gasteiger partial charge in [-0.3, -0.25) is 9.59 Å². The van der Waals surface area contributed by atoms with Crippen LogP contribution >= 0.6 is 11.8 Å².